The maximum atomic E-state index is 14.1. The van der Waals surface area contributed by atoms with E-state index in [4.69, 9.17) is 9.15 Å². The Morgan fingerprint density at radius 1 is 0.974 bits per heavy atom. The van der Waals surface area contributed by atoms with Crippen LogP contribution in [0.4, 0.5) is 18.9 Å². The quantitative estimate of drug-likeness (QED) is 0.269. The van der Waals surface area contributed by atoms with Crippen molar-refractivity contribution in [1.29, 1.82) is 0 Å². The molecule has 1 atom stereocenters. The van der Waals surface area contributed by atoms with E-state index >= 15 is 0 Å². The number of hydrogen-bond acceptors (Lipinski definition) is 5. The highest BCUT2D eigenvalue weighted by Crippen LogP contribution is 2.39. The molecular weight excluding hydrogens is 495 g/mol. The average Bonchev–Trinajstić information content (AvgIpc) is 2.82. The van der Waals surface area contributed by atoms with Gasteiger partial charge in [0.1, 0.15) is 16.7 Å². The number of carbonyl (C=O) groups is 1. The molecule has 1 N–H and O–H groups in total. The second kappa shape index (κ2) is 10.0. The fraction of sp³-hybridized carbons (Fsp3) is 0.267. The number of aryl methyl sites for hydroxylation is 1. The normalized spacial score (nSPS) is 12.8. The number of benzene rings is 3. The van der Waals surface area contributed by atoms with E-state index in [1.807, 2.05) is 0 Å². The summed E-state index contributed by atoms with van der Waals surface area (Å²) < 4.78 is 53.7. The van der Waals surface area contributed by atoms with Crippen LogP contribution in [-0.4, -0.2) is 11.6 Å². The SMILES string of the molecule is Cc1cc(C(C)Nc2ccccc2C(=O)OC(C)(C)C)c2oc(-c3ccccc3)c(C(F)(F)F)c(=O)c2c1. The third-order valence-electron chi connectivity index (χ3n) is 5.87. The van der Waals surface area contributed by atoms with Gasteiger partial charge in [0, 0.05) is 16.8 Å². The Hall–Kier alpha value is -4.07. The largest absolute Gasteiger partial charge is 0.456 e. The zero-order chi connectivity index (χ0) is 27.8. The van der Waals surface area contributed by atoms with E-state index in [0.717, 1.165) is 0 Å². The van der Waals surface area contributed by atoms with Crippen LogP contribution in [0.3, 0.4) is 0 Å². The number of anilines is 1. The molecule has 1 aromatic heterocycles. The van der Waals surface area contributed by atoms with Crippen LogP contribution < -0.4 is 10.7 Å². The predicted octanol–water partition coefficient (Wildman–Crippen LogP) is 7.92. The molecule has 0 saturated carbocycles. The molecule has 4 aromatic rings. The first-order valence-electron chi connectivity index (χ1n) is 12.1. The summed E-state index contributed by atoms with van der Waals surface area (Å²) in [4.78, 5) is 26.1. The molecule has 0 saturated heterocycles. The predicted molar refractivity (Wildman–Crippen MR) is 141 cm³/mol. The van der Waals surface area contributed by atoms with E-state index < -0.39 is 40.5 Å². The van der Waals surface area contributed by atoms with Gasteiger partial charge in [0.2, 0.25) is 5.43 Å². The van der Waals surface area contributed by atoms with Crippen molar-refractivity contribution >= 4 is 22.6 Å². The molecule has 5 nitrogen and oxygen atoms in total. The van der Waals surface area contributed by atoms with Crippen LogP contribution in [0.5, 0.6) is 0 Å². The van der Waals surface area contributed by atoms with Gasteiger partial charge in [-0.3, -0.25) is 4.79 Å². The van der Waals surface area contributed by atoms with Crippen LogP contribution in [0.2, 0.25) is 0 Å². The van der Waals surface area contributed by atoms with Crippen molar-refractivity contribution in [2.75, 3.05) is 5.32 Å². The lowest BCUT2D eigenvalue weighted by atomic mass is 9.98. The number of fused-ring (bicyclic) bond motifs is 1. The van der Waals surface area contributed by atoms with E-state index in [1.54, 1.807) is 83.1 Å². The molecule has 3 aromatic carbocycles. The molecule has 4 rings (SSSR count). The summed E-state index contributed by atoms with van der Waals surface area (Å²) >= 11 is 0. The highest BCUT2D eigenvalue weighted by atomic mass is 19.4. The first-order valence-corrected chi connectivity index (χ1v) is 12.1. The van der Waals surface area contributed by atoms with Gasteiger partial charge in [-0.05, 0) is 58.4 Å². The summed E-state index contributed by atoms with van der Waals surface area (Å²) in [6.07, 6.45) is -4.92. The van der Waals surface area contributed by atoms with Gasteiger partial charge >= 0.3 is 12.1 Å². The Bertz CT molecular complexity index is 1550. The number of ether oxygens (including phenoxy) is 1. The molecular formula is C30H28F3NO4. The van der Waals surface area contributed by atoms with Gasteiger partial charge in [-0.25, -0.2) is 4.79 Å². The van der Waals surface area contributed by atoms with Gasteiger partial charge in [0.05, 0.1) is 17.0 Å². The second-order valence-corrected chi connectivity index (χ2v) is 10.1. The highest BCUT2D eigenvalue weighted by molar-refractivity contribution is 5.96. The smallest absolute Gasteiger partial charge is 0.423 e. The molecule has 0 aliphatic carbocycles. The van der Waals surface area contributed by atoms with Crippen LogP contribution in [-0.2, 0) is 10.9 Å². The van der Waals surface area contributed by atoms with Gasteiger partial charge in [0.25, 0.3) is 0 Å². The van der Waals surface area contributed by atoms with Crippen LogP contribution >= 0.6 is 0 Å². The van der Waals surface area contributed by atoms with Crippen molar-refractivity contribution in [2.45, 2.75) is 52.4 Å². The monoisotopic (exact) mass is 523 g/mol. The van der Waals surface area contributed by atoms with Crippen molar-refractivity contribution in [3.8, 4) is 11.3 Å². The number of esters is 1. The van der Waals surface area contributed by atoms with E-state index in [2.05, 4.69) is 5.32 Å². The van der Waals surface area contributed by atoms with Crippen molar-refractivity contribution in [1.82, 2.24) is 0 Å². The van der Waals surface area contributed by atoms with Gasteiger partial charge in [-0.2, -0.15) is 13.2 Å². The summed E-state index contributed by atoms with van der Waals surface area (Å²) in [5.74, 6) is -1.06. The number of alkyl halides is 3. The molecule has 0 spiro atoms. The molecule has 0 bridgehead atoms. The Morgan fingerprint density at radius 2 is 1.61 bits per heavy atom. The molecule has 0 fully saturated rings. The number of nitrogens with one attached hydrogen (secondary N) is 1. The maximum Gasteiger partial charge on any atom is 0.423 e. The van der Waals surface area contributed by atoms with Crippen molar-refractivity contribution in [3.63, 3.8) is 0 Å². The van der Waals surface area contributed by atoms with Gasteiger partial charge in [0.15, 0.2) is 5.76 Å². The highest BCUT2D eigenvalue weighted by Gasteiger charge is 2.40. The topological polar surface area (TPSA) is 68.5 Å². The van der Waals surface area contributed by atoms with E-state index in [-0.39, 0.29) is 16.5 Å². The number of hydrogen-bond donors (Lipinski definition) is 1. The summed E-state index contributed by atoms with van der Waals surface area (Å²) in [6, 6.07) is 17.1. The van der Waals surface area contributed by atoms with Crippen molar-refractivity contribution < 1.29 is 27.1 Å². The lowest BCUT2D eigenvalue weighted by Crippen LogP contribution is -2.24. The zero-order valence-corrected chi connectivity index (χ0v) is 21.7. The second-order valence-electron chi connectivity index (χ2n) is 10.1. The van der Waals surface area contributed by atoms with E-state index in [0.29, 0.717) is 22.4 Å². The summed E-state index contributed by atoms with van der Waals surface area (Å²) in [7, 11) is 0. The van der Waals surface area contributed by atoms with Gasteiger partial charge < -0.3 is 14.5 Å². The summed E-state index contributed by atoms with van der Waals surface area (Å²) in [5.41, 5.74) is -1.17. The lowest BCUT2D eigenvalue weighted by Gasteiger charge is -2.23. The number of halogens is 3. The van der Waals surface area contributed by atoms with Gasteiger partial charge in [-0.15, -0.1) is 0 Å². The molecule has 1 heterocycles. The van der Waals surface area contributed by atoms with Gasteiger partial charge in [-0.1, -0.05) is 48.5 Å². The molecule has 38 heavy (non-hydrogen) atoms. The minimum atomic E-state index is -4.92. The molecule has 198 valence electrons. The minimum Gasteiger partial charge on any atom is -0.456 e. The van der Waals surface area contributed by atoms with E-state index in [1.165, 1.54) is 18.2 Å². The summed E-state index contributed by atoms with van der Waals surface area (Å²) in [6.45, 7) is 8.78. The van der Waals surface area contributed by atoms with E-state index in [9.17, 15) is 22.8 Å². The standard InChI is InChI=1S/C30H28F3NO4/c1-17-15-21(18(2)34-23-14-10-9-13-20(23)28(36)38-29(3,4)5)27-22(16-17)25(35)24(30(31,32)33)26(37-27)19-11-7-6-8-12-19/h6-16,18,34H,1-5H3. The first kappa shape index (κ1) is 27.0. The molecule has 8 heteroatoms. The summed E-state index contributed by atoms with van der Waals surface area (Å²) in [5, 5.41) is 3.09. The Morgan fingerprint density at radius 3 is 2.24 bits per heavy atom. The third kappa shape index (κ3) is 5.59. The number of para-hydroxylation sites is 1. The maximum absolute atomic E-state index is 14.1. The fourth-order valence-electron chi connectivity index (χ4n) is 4.28. The van der Waals surface area contributed by atoms with Crippen molar-refractivity contribution in [2.24, 2.45) is 0 Å². The minimum absolute atomic E-state index is 0.0437. The van der Waals surface area contributed by atoms with Crippen molar-refractivity contribution in [3.05, 3.63) is 99.2 Å². The van der Waals surface area contributed by atoms with Crippen LogP contribution in [0.1, 0.15) is 60.8 Å². The number of carbonyl (C=O) groups excluding carboxylic acids is 1. The fourth-order valence-corrected chi connectivity index (χ4v) is 4.28. The molecule has 0 radical (unpaired) electrons. The first-order chi connectivity index (χ1) is 17.8. The lowest BCUT2D eigenvalue weighted by molar-refractivity contribution is -0.138. The molecule has 0 aliphatic rings. The van der Waals surface area contributed by atoms with Crippen LogP contribution in [0.25, 0.3) is 22.3 Å². The number of rotatable bonds is 5. The zero-order valence-electron chi connectivity index (χ0n) is 21.7. The molecule has 1 unspecified atom stereocenters. The Labute approximate surface area is 218 Å². The Balaban J connectivity index is 1.88. The van der Waals surface area contributed by atoms with Crippen LogP contribution in [0, 0.1) is 6.92 Å². The molecule has 0 amide bonds. The van der Waals surface area contributed by atoms with Crippen LogP contribution in [0.15, 0.2) is 75.9 Å². The third-order valence-corrected chi connectivity index (χ3v) is 5.87. The molecule has 0 aliphatic heterocycles. The Kier molecular flexibility index (Phi) is 7.10. The average molecular weight is 524 g/mol.